The molecule has 1 fully saturated rings. The largest absolute Gasteiger partial charge is 0.496 e. The lowest BCUT2D eigenvalue weighted by molar-refractivity contribution is -0.147. The highest BCUT2D eigenvalue weighted by molar-refractivity contribution is 6.31. The molecule has 1 aliphatic carbocycles. The van der Waals surface area contributed by atoms with E-state index in [1.54, 1.807) is 19.2 Å². The number of halogens is 1. The van der Waals surface area contributed by atoms with Crippen LogP contribution in [0.5, 0.6) is 5.75 Å². The molecule has 0 heterocycles. The molecule has 1 aliphatic rings. The Morgan fingerprint density at radius 3 is 2.53 bits per heavy atom. The quantitative estimate of drug-likeness (QED) is 0.901. The first-order valence-electron chi connectivity index (χ1n) is 5.60. The van der Waals surface area contributed by atoms with Crippen molar-refractivity contribution < 1.29 is 14.6 Å². The second-order valence-corrected chi connectivity index (χ2v) is 4.90. The number of rotatable bonds is 3. The van der Waals surface area contributed by atoms with Crippen molar-refractivity contribution in [2.45, 2.75) is 31.6 Å². The molecule has 0 atom stereocenters. The first-order valence-corrected chi connectivity index (χ1v) is 5.97. The van der Waals surface area contributed by atoms with Crippen molar-refractivity contribution in [3.8, 4) is 5.75 Å². The highest BCUT2D eigenvalue weighted by atomic mass is 35.5. The summed E-state index contributed by atoms with van der Waals surface area (Å²) in [4.78, 5) is 11.5. The lowest BCUT2D eigenvalue weighted by Crippen LogP contribution is -2.43. The van der Waals surface area contributed by atoms with Crippen molar-refractivity contribution in [3.05, 3.63) is 28.3 Å². The third-order valence-electron chi connectivity index (χ3n) is 3.68. The van der Waals surface area contributed by atoms with Gasteiger partial charge in [0.1, 0.15) is 5.75 Å². The lowest BCUT2D eigenvalue weighted by Gasteiger charge is -2.40. The minimum Gasteiger partial charge on any atom is -0.496 e. The molecular formula is C13H15ClO3. The summed E-state index contributed by atoms with van der Waals surface area (Å²) in [5, 5.41) is 10.1. The number of methoxy groups -OCH3 is 1. The maximum Gasteiger partial charge on any atom is 0.314 e. The predicted molar refractivity (Wildman–Crippen MR) is 65.9 cm³/mol. The lowest BCUT2D eigenvalue weighted by atomic mass is 9.63. The molecule has 0 aliphatic heterocycles. The van der Waals surface area contributed by atoms with Crippen LogP contribution in [0.2, 0.25) is 5.02 Å². The van der Waals surface area contributed by atoms with E-state index in [1.807, 2.05) is 6.92 Å². The molecule has 3 nitrogen and oxygen atoms in total. The third-order valence-corrected chi connectivity index (χ3v) is 4.09. The zero-order valence-electron chi connectivity index (χ0n) is 9.92. The molecule has 0 saturated heterocycles. The molecule has 0 amide bonds. The number of benzene rings is 1. The summed E-state index contributed by atoms with van der Waals surface area (Å²) >= 11 is 6.09. The van der Waals surface area contributed by atoms with Crippen molar-refractivity contribution >= 4 is 17.6 Å². The molecule has 1 saturated carbocycles. The standard InChI is InChI=1S/C13H15ClO3/c1-8-9(14)4-5-10(17-2)11(8)13(12(15)16)6-3-7-13/h4-5H,3,6-7H2,1-2H3,(H,15,16). The number of hydrogen-bond acceptors (Lipinski definition) is 2. The molecule has 0 radical (unpaired) electrons. The van der Waals surface area contributed by atoms with Gasteiger partial charge in [-0.15, -0.1) is 0 Å². The summed E-state index contributed by atoms with van der Waals surface area (Å²) < 4.78 is 5.29. The van der Waals surface area contributed by atoms with Gasteiger partial charge < -0.3 is 9.84 Å². The molecule has 2 rings (SSSR count). The Labute approximate surface area is 105 Å². The van der Waals surface area contributed by atoms with Crippen LogP contribution in [0.4, 0.5) is 0 Å². The van der Waals surface area contributed by atoms with Gasteiger partial charge in [-0.05, 0) is 37.5 Å². The van der Waals surface area contributed by atoms with E-state index in [0.717, 1.165) is 17.5 Å². The van der Waals surface area contributed by atoms with Crippen LogP contribution in [0.1, 0.15) is 30.4 Å². The Morgan fingerprint density at radius 1 is 1.47 bits per heavy atom. The maximum absolute atomic E-state index is 11.5. The summed E-state index contributed by atoms with van der Waals surface area (Å²) in [6, 6.07) is 3.49. The number of carboxylic acid groups (broad SMARTS) is 1. The summed E-state index contributed by atoms with van der Waals surface area (Å²) in [5.74, 6) is -0.165. The van der Waals surface area contributed by atoms with Crippen LogP contribution in [0.15, 0.2) is 12.1 Å². The van der Waals surface area contributed by atoms with Gasteiger partial charge in [0.25, 0.3) is 0 Å². The van der Waals surface area contributed by atoms with Gasteiger partial charge >= 0.3 is 5.97 Å². The first kappa shape index (κ1) is 12.2. The molecule has 17 heavy (non-hydrogen) atoms. The van der Waals surface area contributed by atoms with Gasteiger partial charge in [0, 0.05) is 10.6 Å². The van der Waals surface area contributed by atoms with Crippen LogP contribution in [0, 0.1) is 6.92 Å². The predicted octanol–water partition coefficient (Wildman–Crippen LogP) is 3.16. The molecule has 0 bridgehead atoms. The van der Waals surface area contributed by atoms with Gasteiger partial charge in [0.2, 0.25) is 0 Å². The normalized spacial score (nSPS) is 17.4. The second kappa shape index (κ2) is 4.22. The molecule has 1 aromatic carbocycles. The minimum absolute atomic E-state index is 0.591. The average Bonchev–Trinajstić information content (AvgIpc) is 2.22. The topological polar surface area (TPSA) is 46.5 Å². The molecule has 4 heteroatoms. The van der Waals surface area contributed by atoms with Crippen molar-refractivity contribution in [2.75, 3.05) is 7.11 Å². The minimum atomic E-state index is -0.805. The van der Waals surface area contributed by atoms with E-state index in [-0.39, 0.29) is 0 Å². The van der Waals surface area contributed by atoms with Gasteiger partial charge in [-0.3, -0.25) is 4.79 Å². The zero-order chi connectivity index (χ0) is 12.6. The van der Waals surface area contributed by atoms with E-state index >= 15 is 0 Å². The van der Waals surface area contributed by atoms with Gasteiger partial charge in [0.05, 0.1) is 12.5 Å². The van der Waals surface area contributed by atoms with E-state index in [9.17, 15) is 9.90 Å². The van der Waals surface area contributed by atoms with Gasteiger partial charge in [-0.1, -0.05) is 18.0 Å². The van der Waals surface area contributed by atoms with Crippen LogP contribution in [0.3, 0.4) is 0 Å². The fourth-order valence-electron chi connectivity index (χ4n) is 2.53. The summed E-state index contributed by atoms with van der Waals surface area (Å²) in [5.41, 5.74) is 0.750. The van der Waals surface area contributed by atoms with Gasteiger partial charge in [-0.2, -0.15) is 0 Å². The molecule has 0 aromatic heterocycles. The van der Waals surface area contributed by atoms with E-state index in [2.05, 4.69) is 0 Å². The van der Waals surface area contributed by atoms with Gasteiger partial charge in [-0.25, -0.2) is 0 Å². The Kier molecular flexibility index (Phi) is 3.04. The number of hydrogen-bond donors (Lipinski definition) is 1. The summed E-state index contributed by atoms with van der Waals surface area (Å²) in [7, 11) is 1.56. The maximum atomic E-state index is 11.5. The fraction of sp³-hybridized carbons (Fsp3) is 0.462. The highest BCUT2D eigenvalue weighted by Crippen LogP contribution is 2.49. The van der Waals surface area contributed by atoms with Crippen LogP contribution >= 0.6 is 11.6 Å². The van der Waals surface area contributed by atoms with Crippen LogP contribution in [-0.4, -0.2) is 18.2 Å². The molecule has 0 unspecified atom stereocenters. The SMILES string of the molecule is COc1ccc(Cl)c(C)c1C1(C(=O)O)CCC1. The second-order valence-electron chi connectivity index (χ2n) is 4.49. The molecule has 92 valence electrons. The smallest absolute Gasteiger partial charge is 0.314 e. The molecule has 1 aromatic rings. The van der Waals surface area contributed by atoms with Crippen molar-refractivity contribution in [1.82, 2.24) is 0 Å². The Bertz CT molecular complexity index is 464. The summed E-state index contributed by atoms with van der Waals surface area (Å²) in [6.45, 7) is 1.85. The number of carboxylic acids is 1. The number of ether oxygens (including phenoxy) is 1. The third kappa shape index (κ3) is 1.69. The van der Waals surface area contributed by atoms with E-state index < -0.39 is 11.4 Å². The Balaban J connectivity index is 2.64. The average molecular weight is 255 g/mol. The van der Waals surface area contributed by atoms with Crippen molar-refractivity contribution in [1.29, 1.82) is 0 Å². The Hall–Kier alpha value is -1.22. The van der Waals surface area contributed by atoms with Crippen LogP contribution in [-0.2, 0) is 10.2 Å². The van der Waals surface area contributed by atoms with Crippen LogP contribution < -0.4 is 4.74 Å². The fourth-order valence-corrected chi connectivity index (χ4v) is 2.68. The highest BCUT2D eigenvalue weighted by Gasteiger charge is 2.48. The number of carbonyl (C=O) groups is 1. The van der Waals surface area contributed by atoms with Crippen molar-refractivity contribution in [3.63, 3.8) is 0 Å². The first-order chi connectivity index (χ1) is 8.03. The Morgan fingerprint density at radius 2 is 2.12 bits per heavy atom. The van der Waals surface area contributed by atoms with E-state index in [4.69, 9.17) is 16.3 Å². The molecule has 0 spiro atoms. The van der Waals surface area contributed by atoms with Gasteiger partial charge in [0.15, 0.2) is 0 Å². The van der Waals surface area contributed by atoms with Crippen molar-refractivity contribution in [2.24, 2.45) is 0 Å². The monoisotopic (exact) mass is 254 g/mol. The zero-order valence-corrected chi connectivity index (χ0v) is 10.7. The van der Waals surface area contributed by atoms with Crippen LogP contribution in [0.25, 0.3) is 0 Å². The van der Waals surface area contributed by atoms with E-state index in [0.29, 0.717) is 23.6 Å². The summed E-state index contributed by atoms with van der Waals surface area (Å²) in [6.07, 6.45) is 2.24. The number of aliphatic carboxylic acids is 1. The van der Waals surface area contributed by atoms with E-state index in [1.165, 1.54) is 0 Å². The molecular weight excluding hydrogens is 240 g/mol. The molecule has 1 N–H and O–H groups in total.